The molecule has 0 spiro atoms. The summed E-state index contributed by atoms with van der Waals surface area (Å²) in [5.41, 5.74) is 0. The van der Waals surface area contributed by atoms with Gasteiger partial charge < -0.3 is 13.7 Å². The van der Waals surface area contributed by atoms with Crippen molar-refractivity contribution in [1.82, 2.24) is 0 Å². The molecule has 0 atom stereocenters. The first-order chi connectivity index (χ1) is 7.83. The van der Waals surface area contributed by atoms with E-state index in [4.69, 9.17) is 13.7 Å². The monoisotopic (exact) mass is 260 g/mol. The minimum absolute atomic E-state index is 0.0336. The Balaban J connectivity index is 3.18. The molecule has 6 nitrogen and oxygen atoms in total. The van der Waals surface area contributed by atoms with E-state index in [1.54, 1.807) is 0 Å². The second-order valence-corrected chi connectivity index (χ2v) is 4.74. The molecule has 0 fully saturated rings. The van der Waals surface area contributed by atoms with Crippen LogP contribution in [0, 0.1) is 0 Å². The molecule has 0 heterocycles. The van der Waals surface area contributed by atoms with Crippen LogP contribution in [0.5, 0.6) is 17.2 Å². The van der Waals surface area contributed by atoms with E-state index in [9.17, 15) is 13.2 Å². The molecule has 0 N–H and O–H groups in total. The molecule has 0 unspecified atom stereocenters. The summed E-state index contributed by atoms with van der Waals surface area (Å²) >= 11 is 0. The SMILES string of the molecule is COc1c(OC(C)=O)cccc1OS(C)(=O)=O. The predicted octanol–water partition coefficient (Wildman–Crippen LogP) is 0.959. The summed E-state index contributed by atoms with van der Waals surface area (Å²) in [6.07, 6.45) is 0.908. The average Bonchev–Trinajstić information content (AvgIpc) is 2.14. The molecule has 94 valence electrons. The van der Waals surface area contributed by atoms with Crippen LogP contribution >= 0.6 is 0 Å². The van der Waals surface area contributed by atoms with Crippen LogP contribution in [0.25, 0.3) is 0 Å². The van der Waals surface area contributed by atoms with Gasteiger partial charge in [0, 0.05) is 6.92 Å². The van der Waals surface area contributed by atoms with Crippen molar-refractivity contribution in [2.75, 3.05) is 13.4 Å². The normalized spacial score (nSPS) is 10.8. The zero-order valence-electron chi connectivity index (χ0n) is 9.59. The van der Waals surface area contributed by atoms with E-state index >= 15 is 0 Å². The van der Waals surface area contributed by atoms with Gasteiger partial charge in [0.25, 0.3) is 0 Å². The van der Waals surface area contributed by atoms with Crippen molar-refractivity contribution in [1.29, 1.82) is 0 Å². The third-order valence-electron chi connectivity index (χ3n) is 1.64. The molecule has 1 aromatic carbocycles. The summed E-state index contributed by atoms with van der Waals surface area (Å²) in [5, 5.41) is 0. The maximum atomic E-state index is 11.0. The van der Waals surface area contributed by atoms with Gasteiger partial charge in [0.2, 0.25) is 5.75 Å². The van der Waals surface area contributed by atoms with Gasteiger partial charge in [-0.15, -0.1) is 0 Å². The predicted molar refractivity (Wildman–Crippen MR) is 59.8 cm³/mol. The highest BCUT2D eigenvalue weighted by Crippen LogP contribution is 2.37. The third kappa shape index (κ3) is 3.95. The van der Waals surface area contributed by atoms with E-state index in [-0.39, 0.29) is 17.2 Å². The Hall–Kier alpha value is -1.76. The van der Waals surface area contributed by atoms with E-state index in [1.807, 2.05) is 0 Å². The first-order valence-electron chi connectivity index (χ1n) is 4.58. The number of ether oxygens (including phenoxy) is 2. The molecule has 0 radical (unpaired) electrons. The molecule has 0 saturated heterocycles. The topological polar surface area (TPSA) is 78.9 Å². The summed E-state index contributed by atoms with van der Waals surface area (Å²) in [4.78, 5) is 10.8. The Morgan fingerprint density at radius 3 is 2.29 bits per heavy atom. The smallest absolute Gasteiger partial charge is 0.308 e. The van der Waals surface area contributed by atoms with Gasteiger partial charge in [0.05, 0.1) is 13.4 Å². The fourth-order valence-electron chi connectivity index (χ4n) is 1.16. The number of hydrogen-bond acceptors (Lipinski definition) is 6. The number of carbonyl (C=O) groups is 1. The lowest BCUT2D eigenvalue weighted by atomic mass is 10.3. The minimum atomic E-state index is -3.68. The van der Waals surface area contributed by atoms with Crippen LogP contribution in [-0.2, 0) is 14.9 Å². The van der Waals surface area contributed by atoms with Crippen LogP contribution < -0.4 is 13.7 Å². The van der Waals surface area contributed by atoms with Crippen LogP contribution in [0.4, 0.5) is 0 Å². The summed E-state index contributed by atoms with van der Waals surface area (Å²) in [6.45, 7) is 1.23. The van der Waals surface area contributed by atoms with Gasteiger partial charge in [-0.2, -0.15) is 8.42 Å². The Bertz CT molecular complexity index is 520. The lowest BCUT2D eigenvalue weighted by Crippen LogP contribution is -2.08. The van der Waals surface area contributed by atoms with Crippen molar-refractivity contribution in [2.24, 2.45) is 0 Å². The number of para-hydroxylation sites is 1. The number of esters is 1. The number of methoxy groups -OCH3 is 1. The molecule has 0 aliphatic heterocycles. The second kappa shape index (κ2) is 5.05. The first-order valence-corrected chi connectivity index (χ1v) is 6.40. The molecule has 0 aromatic heterocycles. The minimum Gasteiger partial charge on any atom is -0.490 e. The maximum absolute atomic E-state index is 11.0. The fraction of sp³-hybridized carbons (Fsp3) is 0.300. The molecule has 0 bridgehead atoms. The van der Waals surface area contributed by atoms with Gasteiger partial charge in [-0.25, -0.2) is 0 Å². The Labute approximate surface area is 99.2 Å². The van der Waals surface area contributed by atoms with Gasteiger partial charge in [0.15, 0.2) is 11.5 Å². The van der Waals surface area contributed by atoms with Crippen LogP contribution in [0.15, 0.2) is 18.2 Å². The molecule has 0 aliphatic rings. The molecule has 0 amide bonds. The first kappa shape index (κ1) is 13.3. The highest BCUT2D eigenvalue weighted by atomic mass is 32.2. The van der Waals surface area contributed by atoms with Gasteiger partial charge in [0.1, 0.15) is 0 Å². The van der Waals surface area contributed by atoms with Crippen molar-refractivity contribution >= 4 is 16.1 Å². The molecule has 0 aliphatic carbocycles. The molecule has 1 aromatic rings. The van der Waals surface area contributed by atoms with Crippen molar-refractivity contribution in [3.8, 4) is 17.2 Å². The zero-order valence-corrected chi connectivity index (χ0v) is 10.4. The lowest BCUT2D eigenvalue weighted by molar-refractivity contribution is -0.132. The molecule has 17 heavy (non-hydrogen) atoms. The lowest BCUT2D eigenvalue weighted by Gasteiger charge is -2.11. The number of benzene rings is 1. The van der Waals surface area contributed by atoms with Crippen molar-refractivity contribution in [3.63, 3.8) is 0 Å². The summed E-state index contributed by atoms with van der Waals surface area (Å²) < 4.78 is 36.5. The number of carbonyl (C=O) groups excluding carboxylic acids is 1. The maximum Gasteiger partial charge on any atom is 0.308 e. The van der Waals surface area contributed by atoms with Crippen LogP contribution in [0.1, 0.15) is 6.92 Å². The van der Waals surface area contributed by atoms with E-state index in [2.05, 4.69) is 0 Å². The van der Waals surface area contributed by atoms with Crippen molar-refractivity contribution in [3.05, 3.63) is 18.2 Å². The third-order valence-corrected chi connectivity index (χ3v) is 2.12. The van der Waals surface area contributed by atoms with Crippen LogP contribution in [0.3, 0.4) is 0 Å². The fourth-order valence-corrected chi connectivity index (χ4v) is 1.62. The van der Waals surface area contributed by atoms with Gasteiger partial charge >= 0.3 is 16.1 Å². The summed E-state index contributed by atoms with van der Waals surface area (Å²) in [7, 11) is -2.36. The van der Waals surface area contributed by atoms with E-state index in [0.717, 1.165) is 6.26 Å². The summed E-state index contributed by atoms with van der Waals surface area (Å²) in [6, 6.07) is 4.35. The standard InChI is InChI=1S/C10H12O6S/c1-7(11)15-8-5-4-6-9(10(8)14-2)16-17(3,12)13/h4-6H,1-3H3. The van der Waals surface area contributed by atoms with Gasteiger partial charge in [-0.05, 0) is 12.1 Å². The average molecular weight is 260 g/mol. The summed E-state index contributed by atoms with van der Waals surface area (Å²) in [5.74, 6) is -0.428. The molecule has 1 rings (SSSR count). The largest absolute Gasteiger partial charge is 0.490 e. The Kier molecular flexibility index (Phi) is 3.95. The molecular weight excluding hydrogens is 248 g/mol. The molecular formula is C10H12O6S. The molecule has 7 heteroatoms. The van der Waals surface area contributed by atoms with E-state index in [1.165, 1.54) is 32.2 Å². The van der Waals surface area contributed by atoms with E-state index < -0.39 is 16.1 Å². The number of hydrogen-bond donors (Lipinski definition) is 0. The number of rotatable bonds is 4. The highest BCUT2D eigenvalue weighted by molar-refractivity contribution is 7.86. The van der Waals surface area contributed by atoms with Gasteiger partial charge in [-0.1, -0.05) is 6.07 Å². The van der Waals surface area contributed by atoms with Crippen molar-refractivity contribution in [2.45, 2.75) is 6.92 Å². The van der Waals surface area contributed by atoms with Crippen LogP contribution in [0.2, 0.25) is 0 Å². The zero-order chi connectivity index (χ0) is 13.1. The van der Waals surface area contributed by atoms with E-state index in [0.29, 0.717) is 0 Å². The Morgan fingerprint density at radius 1 is 1.24 bits per heavy atom. The second-order valence-electron chi connectivity index (χ2n) is 3.17. The highest BCUT2D eigenvalue weighted by Gasteiger charge is 2.16. The van der Waals surface area contributed by atoms with Gasteiger partial charge in [-0.3, -0.25) is 4.79 Å². The quantitative estimate of drug-likeness (QED) is 0.456. The molecule has 0 saturated carbocycles. The Morgan fingerprint density at radius 2 is 1.82 bits per heavy atom. The van der Waals surface area contributed by atoms with Crippen molar-refractivity contribution < 1.29 is 26.9 Å². The van der Waals surface area contributed by atoms with Crippen LogP contribution in [-0.4, -0.2) is 27.8 Å².